The van der Waals surface area contributed by atoms with Gasteiger partial charge in [-0.1, -0.05) is 53.0 Å². The van der Waals surface area contributed by atoms with Crippen molar-refractivity contribution in [3.05, 3.63) is 23.4 Å². The van der Waals surface area contributed by atoms with Gasteiger partial charge in [0.25, 0.3) is 0 Å². The second kappa shape index (κ2) is 19.8. The zero-order valence-electron chi connectivity index (χ0n) is 25.7. The molecule has 0 spiro atoms. The molecule has 1 amide bonds. The number of nitrogens with zero attached hydrogens (tertiary/aromatic N) is 2. The monoisotopic (exact) mass is 548 g/mol. The molecule has 3 N–H and O–H groups in total. The molecule has 1 aliphatic rings. The predicted molar refractivity (Wildman–Crippen MR) is 160 cm³/mol. The molecule has 8 heteroatoms. The predicted octanol–water partition coefficient (Wildman–Crippen LogP) is 5.55. The molecule has 224 valence electrons. The fourth-order valence-electron chi connectivity index (χ4n) is 4.84. The van der Waals surface area contributed by atoms with Gasteiger partial charge in [-0.2, -0.15) is 0 Å². The third-order valence-electron chi connectivity index (χ3n) is 7.80. The average Bonchev–Trinajstić information content (AvgIpc) is 2.92. The minimum absolute atomic E-state index is 0.0578. The van der Waals surface area contributed by atoms with Crippen molar-refractivity contribution in [3.63, 3.8) is 0 Å². The summed E-state index contributed by atoms with van der Waals surface area (Å²) in [7, 11) is 1.68. The highest BCUT2D eigenvalue weighted by Gasteiger charge is 2.20. The van der Waals surface area contributed by atoms with Crippen LogP contribution in [0.5, 0.6) is 0 Å². The van der Waals surface area contributed by atoms with E-state index in [2.05, 4.69) is 55.4 Å². The maximum absolute atomic E-state index is 11.4. The van der Waals surface area contributed by atoms with Gasteiger partial charge in [-0.05, 0) is 75.5 Å². The van der Waals surface area contributed by atoms with Crippen molar-refractivity contribution in [3.8, 4) is 0 Å². The summed E-state index contributed by atoms with van der Waals surface area (Å²) in [4.78, 5) is 29.6. The number of nitrogens with one attached hydrogen (secondary N) is 2. The molecule has 0 aliphatic carbocycles. The first-order chi connectivity index (χ1) is 18.6. The topological polar surface area (TPSA) is 104 Å². The number of methoxy groups -OCH3 is 1. The minimum atomic E-state index is -1.00. The number of rotatable bonds is 17. The smallest absolute Gasteiger partial charge is 0.326 e. The highest BCUT2D eigenvalue weighted by molar-refractivity contribution is 5.82. The van der Waals surface area contributed by atoms with E-state index in [1.54, 1.807) is 7.11 Å². The average molecular weight is 549 g/mol. The fourth-order valence-corrected chi connectivity index (χ4v) is 4.84. The van der Waals surface area contributed by atoms with Crippen molar-refractivity contribution < 1.29 is 19.4 Å². The van der Waals surface area contributed by atoms with Gasteiger partial charge in [-0.3, -0.25) is 4.79 Å². The SMILES string of the molecule is CCCC(C)C(C)CC.CO[C@H](C)CN(CCCCc1ccc2c(n1)NCCC2)CCC(NC(C)=O)C(=O)O. The summed E-state index contributed by atoms with van der Waals surface area (Å²) >= 11 is 0. The molecule has 0 aromatic carbocycles. The standard InChI is InChI=1S/C22H36N4O4.C9H20/c1-16(30-3)15-26(14-11-20(22(28)29)24-17(2)27)13-5-4-8-19-10-9-18-7-6-12-23-21(18)25-19;1-5-7-9(4)8(3)6-2/h9-10,16,20H,4-8,11-15H2,1-3H3,(H,23,25)(H,24,27)(H,28,29);8-9H,5-7H2,1-4H3/t16-,20?;/m1./s1. The number of unbranched alkanes of at least 4 members (excludes halogenated alkanes) is 1. The van der Waals surface area contributed by atoms with Gasteiger partial charge in [0.05, 0.1) is 6.10 Å². The number of aliphatic carboxylic acids is 1. The lowest BCUT2D eigenvalue weighted by atomic mass is 9.90. The number of carboxylic acid groups (broad SMARTS) is 1. The molecule has 1 aromatic rings. The number of carboxylic acids is 1. The first-order valence-electron chi connectivity index (χ1n) is 15.1. The summed E-state index contributed by atoms with van der Waals surface area (Å²) in [5, 5.41) is 15.2. The van der Waals surface area contributed by atoms with E-state index in [1.165, 1.54) is 31.7 Å². The molecule has 3 unspecified atom stereocenters. The van der Waals surface area contributed by atoms with Crippen LogP contribution in [-0.2, 0) is 27.2 Å². The van der Waals surface area contributed by atoms with Crippen LogP contribution in [0.2, 0.25) is 0 Å². The Morgan fingerprint density at radius 1 is 1.13 bits per heavy atom. The molecule has 1 aliphatic heterocycles. The van der Waals surface area contributed by atoms with Gasteiger partial charge in [0.15, 0.2) is 0 Å². The van der Waals surface area contributed by atoms with E-state index in [4.69, 9.17) is 9.72 Å². The molecular formula is C31H56N4O4. The number of hydrogen-bond donors (Lipinski definition) is 3. The number of amides is 1. The van der Waals surface area contributed by atoms with E-state index in [0.717, 1.165) is 75.1 Å². The molecule has 1 aromatic heterocycles. The van der Waals surface area contributed by atoms with E-state index < -0.39 is 12.0 Å². The van der Waals surface area contributed by atoms with Crippen LogP contribution in [0.4, 0.5) is 5.82 Å². The lowest BCUT2D eigenvalue weighted by Gasteiger charge is -2.26. The Morgan fingerprint density at radius 3 is 2.49 bits per heavy atom. The summed E-state index contributed by atoms with van der Waals surface area (Å²) in [6.45, 7) is 15.7. The van der Waals surface area contributed by atoms with Gasteiger partial charge in [0, 0.05) is 39.4 Å². The normalized spacial score (nSPS) is 15.7. The summed E-state index contributed by atoms with van der Waals surface area (Å²) in [5.74, 6) is 1.56. The second-order valence-corrected chi connectivity index (χ2v) is 11.2. The van der Waals surface area contributed by atoms with E-state index in [1.807, 2.05) is 6.92 Å². The lowest BCUT2D eigenvalue weighted by Crippen LogP contribution is -2.43. The molecule has 0 bridgehead atoms. The Morgan fingerprint density at radius 2 is 1.87 bits per heavy atom. The molecule has 0 saturated carbocycles. The van der Waals surface area contributed by atoms with Gasteiger partial charge >= 0.3 is 5.97 Å². The van der Waals surface area contributed by atoms with Crippen molar-refractivity contribution in [2.24, 2.45) is 11.8 Å². The van der Waals surface area contributed by atoms with Gasteiger partial charge in [-0.25, -0.2) is 9.78 Å². The maximum atomic E-state index is 11.4. The number of fused-ring (bicyclic) bond motifs is 1. The van der Waals surface area contributed by atoms with Crippen molar-refractivity contribution in [1.82, 2.24) is 15.2 Å². The zero-order valence-corrected chi connectivity index (χ0v) is 25.7. The van der Waals surface area contributed by atoms with Crippen LogP contribution in [0.25, 0.3) is 0 Å². The van der Waals surface area contributed by atoms with Crippen molar-refractivity contribution in [1.29, 1.82) is 0 Å². The van der Waals surface area contributed by atoms with Crippen molar-refractivity contribution in [2.45, 2.75) is 111 Å². The Bertz CT molecular complexity index is 835. The number of pyridine rings is 1. The van der Waals surface area contributed by atoms with Crippen LogP contribution < -0.4 is 10.6 Å². The van der Waals surface area contributed by atoms with Crippen LogP contribution in [0.15, 0.2) is 12.1 Å². The molecule has 8 nitrogen and oxygen atoms in total. The van der Waals surface area contributed by atoms with E-state index in [-0.39, 0.29) is 12.0 Å². The van der Waals surface area contributed by atoms with E-state index in [9.17, 15) is 14.7 Å². The van der Waals surface area contributed by atoms with Gasteiger partial charge < -0.3 is 25.4 Å². The number of carbonyl (C=O) groups is 2. The largest absolute Gasteiger partial charge is 0.480 e. The molecule has 2 heterocycles. The summed E-state index contributed by atoms with van der Waals surface area (Å²) in [6.07, 6.45) is 9.67. The van der Waals surface area contributed by atoms with Gasteiger partial charge in [0.1, 0.15) is 11.9 Å². The molecule has 0 fully saturated rings. The third kappa shape index (κ3) is 14.7. The molecule has 39 heavy (non-hydrogen) atoms. The fraction of sp³-hybridized carbons (Fsp3) is 0.774. The Hall–Kier alpha value is -2.19. The first kappa shape index (κ1) is 34.8. The highest BCUT2D eigenvalue weighted by Crippen LogP contribution is 2.20. The third-order valence-corrected chi connectivity index (χ3v) is 7.80. The Labute approximate surface area is 237 Å². The zero-order chi connectivity index (χ0) is 29.2. The highest BCUT2D eigenvalue weighted by atomic mass is 16.5. The molecular weight excluding hydrogens is 492 g/mol. The van der Waals surface area contributed by atoms with E-state index >= 15 is 0 Å². The number of anilines is 1. The number of aryl methyl sites for hydroxylation is 2. The Kier molecular flexibility index (Phi) is 17.7. The summed E-state index contributed by atoms with van der Waals surface area (Å²) < 4.78 is 5.38. The number of aromatic nitrogens is 1. The molecule has 0 saturated heterocycles. The van der Waals surface area contributed by atoms with Crippen LogP contribution in [0.1, 0.15) is 97.7 Å². The number of hydrogen-bond acceptors (Lipinski definition) is 6. The summed E-state index contributed by atoms with van der Waals surface area (Å²) in [5.41, 5.74) is 2.41. The molecule has 2 rings (SSSR count). The minimum Gasteiger partial charge on any atom is -0.480 e. The van der Waals surface area contributed by atoms with Crippen molar-refractivity contribution in [2.75, 3.05) is 38.6 Å². The van der Waals surface area contributed by atoms with Crippen LogP contribution in [-0.4, -0.2) is 72.3 Å². The summed E-state index contributed by atoms with van der Waals surface area (Å²) in [6, 6.07) is 3.45. The molecule has 4 atom stereocenters. The van der Waals surface area contributed by atoms with Crippen LogP contribution in [0.3, 0.4) is 0 Å². The van der Waals surface area contributed by atoms with Crippen LogP contribution >= 0.6 is 0 Å². The Balaban J connectivity index is 0.000000724. The maximum Gasteiger partial charge on any atom is 0.326 e. The number of carbonyl (C=O) groups excluding carboxylic acids is 1. The first-order valence-corrected chi connectivity index (χ1v) is 15.1. The van der Waals surface area contributed by atoms with Gasteiger partial charge in [-0.15, -0.1) is 0 Å². The lowest BCUT2D eigenvalue weighted by molar-refractivity contribution is -0.141. The number of ether oxygens (including phenoxy) is 1. The quantitative estimate of drug-likeness (QED) is 0.219. The van der Waals surface area contributed by atoms with Crippen LogP contribution in [0, 0.1) is 11.8 Å². The van der Waals surface area contributed by atoms with Crippen molar-refractivity contribution >= 4 is 17.7 Å². The second-order valence-electron chi connectivity index (χ2n) is 11.2. The van der Waals surface area contributed by atoms with E-state index in [0.29, 0.717) is 13.0 Å². The van der Waals surface area contributed by atoms with Gasteiger partial charge in [0.2, 0.25) is 5.91 Å². The molecule has 0 radical (unpaired) electrons.